The summed E-state index contributed by atoms with van der Waals surface area (Å²) in [7, 11) is 0. The van der Waals surface area contributed by atoms with E-state index in [0.717, 1.165) is 24.9 Å². The second-order valence-electron chi connectivity index (χ2n) is 5.70. The van der Waals surface area contributed by atoms with Gasteiger partial charge >= 0.3 is 0 Å². The Hall–Kier alpha value is -1.85. The van der Waals surface area contributed by atoms with Crippen LogP contribution in [0.4, 0.5) is 0 Å². The molecule has 0 bridgehead atoms. The number of amides is 1. The summed E-state index contributed by atoms with van der Waals surface area (Å²) < 4.78 is 0. The number of hydrogen-bond acceptors (Lipinski definition) is 3. The lowest BCUT2D eigenvalue weighted by Gasteiger charge is -2.15. The molecule has 2 unspecified atom stereocenters. The van der Waals surface area contributed by atoms with Crippen molar-refractivity contribution in [3.05, 3.63) is 36.0 Å². The summed E-state index contributed by atoms with van der Waals surface area (Å²) in [5.74, 6) is 0.136. The van der Waals surface area contributed by atoms with Crippen molar-refractivity contribution in [2.75, 3.05) is 6.54 Å². The van der Waals surface area contributed by atoms with Gasteiger partial charge in [-0.05, 0) is 31.4 Å². The molecule has 1 fully saturated rings. The fourth-order valence-electron chi connectivity index (χ4n) is 2.84. The minimum Gasteiger partial charge on any atom is -0.361 e. The second-order valence-corrected chi connectivity index (χ2v) is 5.70. The number of benzene rings is 1. The van der Waals surface area contributed by atoms with Crippen LogP contribution in [0.15, 0.2) is 30.5 Å². The van der Waals surface area contributed by atoms with Crippen molar-refractivity contribution in [3.8, 4) is 0 Å². The van der Waals surface area contributed by atoms with Gasteiger partial charge < -0.3 is 10.3 Å². The minimum absolute atomic E-state index is 0.136. The zero-order chi connectivity index (χ0) is 14.7. The Labute approximate surface area is 124 Å². The highest BCUT2D eigenvalue weighted by molar-refractivity contribution is 5.83. The third kappa shape index (κ3) is 3.25. The molecule has 21 heavy (non-hydrogen) atoms. The normalized spacial score (nSPS) is 21.8. The van der Waals surface area contributed by atoms with Crippen molar-refractivity contribution >= 4 is 16.8 Å². The summed E-state index contributed by atoms with van der Waals surface area (Å²) in [6, 6.07) is 8.74. The molecule has 1 amide bonds. The van der Waals surface area contributed by atoms with E-state index >= 15 is 0 Å². The van der Waals surface area contributed by atoms with Gasteiger partial charge in [0.15, 0.2) is 0 Å². The molecule has 4 N–H and O–H groups in total. The van der Waals surface area contributed by atoms with E-state index in [-0.39, 0.29) is 18.0 Å². The van der Waals surface area contributed by atoms with Gasteiger partial charge in [0.2, 0.25) is 5.91 Å². The molecule has 0 aliphatic carbocycles. The maximum atomic E-state index is 12.0. The van der Waals surface area contributed by atoms with Crippen LogP contribution < -0.4 is 16.2 Å². The molecule has 0 radical (unpaired) electrons. The van der Waals surface area contributed by atoms with Crippen LogP contribution in [-0.4, -0.2) is 29.5 Å². The predicted octanol–water partition coefficient (Wildman–Crippen LogP) is 1.47. The van der Waals surface area contributed by atoms with Gasteiger partial charge in [0.1, 0.15) is 0 Å². The van der Waals surface area contributed by atoms with E-state index in [1.165, 1.54) is 10.9 Å². The van der Waals surface area contributed by atoms with Crippen molar-refractivity contribution in [3.63, 3.8) is 0 Å². The van der Waals surface area contributed by atoms with E-state index in [9.17, 15) is 4.79 Å². The largest absolute Gasteiger partial charge is 0.361 e. The number of fused-ring (bicyclic) bond motifs is 1. The summed E-state index contributed by atoms with van der Waals surface area (Å²) in [6.45, 7) is 2.85. The van der Waals surface area contributed by atoms with E-state index in [1.807, 2.05) is 12.1 Å². The van der Waals surface area contributed by atoms with Gasteiger partial charge in [-0.2, -0.15) is 0 Å². The van der Waals surface area contributed by atoms with Gasteiger partial charge in [0, 0.05) is 36.1 Å². The first-order chi connectivity index (χ1) is 10.2. The molecule has 0 saturated carbocycles. The molecule has 2 aromatic rings. The lowest BCUT2D eigenvalue weighted by atomic mass is 10.1. The van der Waals surface area contributed by atoms with Crippen LogP contribution in [0.25, 0.3) is 10.9 Å². The standard InChI is InChI=1S/C16H22N4O/c1-11-15(10-18-20-11)19-16(21)8-4-5-12-9-17-14-7-3-2-6-13(12)14/h2-3,6-7,9,11,15,17-18,20H,4-5,8,10H2,1H3,(H,19,21). The average Bonchev–Trinajstić information content (AvgIpc) is 3.07. The molecular formula is C16H22N4O. The third-order valence-corrected chi connectivity index (χ3v) is 4.13. The average molecular weight is 286 g/mol. The maximum Gasteiger partial charge on any atom is 0.220 e. The molecular weight excluding hydrogens is 264 g/mol. The van der Waals surface area contributed by atoms with Crippen LogP contribution in [0.1, 0.15) is 25.3 Å². The Morgan fingerprint density at radius 3 is 3.05 bits per heavy atom. The highest BCUT2D eigenvalue weighted by Gasteiger charge is 2.23. The molecule has 112 valence electrons. The molecule has 5 nitrogen and oxygen atoms in total. The number of aromatic nitrogens is 1. The molecule has 3 rings (SSSR count). The monoisotopic (exact) mass is 286 g/mol. The molecule has 1 saturated heterocycles. The first-order valence-electron chi connectivity index (χ1n) is 7.57. The molecule has 5 heteroatoms. The molecule has 1 aliphatic heterocycles. The lowest BCUT2D eigenvalue weighted by molar-refractivity contribution is -0.121. The highest BCUT2D eigenvalue weighted by Crippen LogP contribution is 2.19. The lowest BCUT2D eigenvalue weighted by Crippen LogP contribution is -2.43. The number of hydrazine groups is 1. The maximum absolute atomic E-state index is 12.0. The van der Waals surface area contributed by atoms with Crippen LogP contribution in [0, 0.1) is 0 Å². The number of nitrogens with one attached hydrogen (secondary N) is 4. The smallest absolute Gasteiger partial charge is 0.220 e. The quantitative estimate of drug-likeness (QED) is 0.673. The topological polar surface area (TPSA) is 68.9 Å². The van der Waals surface area contributed by atoms with E-state index in [4.69, 9.17) is 0 Å². The van der Waals surface area contributed by atoms with Crippen LogP contribution in [0.5, 0.6) is 0 Å². The van der Waals surface area contributed by atoms with Crippen molar-refractivity contribution in [2.45, 2.75) is 38.3 Å². The summed E-state index contributed by atoms with van der Waals surface area (Å²) in [4.78, 5) is 15.2. The van der Waals surface area contributed by atoms with Crippen LogP contribution >= 0.6 is 0 Å². The van der Waals surface area contributed by atoms with Gasteiger partial charge in [-0.1, -0.05) is 18.2 Å². The number of hydrogen-bond donors (Lipinski definition) is 4. The van der Waals surface area contributed by atoms with Crippen LogP contribution in [0.2, 0.25) is 0 Å². The van der Waals surface area contributed by atoms with Crippen molar-refractivity contribution in [1.29, 1.82) is 0 Å². The number of carbonyl (C=O) groups excluding carboxylic acids is 1. The molecule has 1 aromatic carbocycles. The predicted molar refractivity (Wildman–Crippen MR) is 83.8 cm³/mol. The molecule has 2 atom stereocenters. The van der Waals surface area contributed by atoms with Gasteiger partial charge in [-0.15, -0.1) is 0 Å². The van der Waals surface area contributed by atoms with E-state index in [2.05, 4.69) is 46.4 Å². The molecule has 1 aliphatic rings. The van der Waals surface area contributed by atoms with Crippen molar-refractivity contribution in [1.82, 2.24) is 21.2 Å². The summed E-state index contributed by atoms with van der Waals surface area (Å²) in [5.41, 5.74) is 8.61. The zero-order valence-corrected chi connectivity index (χ0v) is 12.3. The minimum atomic E-state index is 0.136. The van der Waals surface area contributed by atoms with Gasteiger partial charge in [0.05, 0.1) is 6.04 Å². The fraction of sp³-hybridized carbons (Fsp3) is 0.438. The molecule has 2 heterocycles. The van der Waals surface area contributed by atoms with Crippen molar-refractivity contribution < 1.29 is 4.79 Å². The fourth-order valence-corrected chi connectivity index (χ4v) is 2.84. The Morgan fingerprint density at radius 1 is 1.38 bits per heavy atom. The number of aryl methyl sites for hydroxylation is 1. The first kappa shape index (κ1) is 14.1. The molecule has 0 spiro atoms. The van der Waals surface area contributed by atoms with E-state index in [0.29, 0.717) is 6.42 Å². The number of aromatic amines is 1. The summed E-state index contributed by atoms with van der Waals surface area (Å²) in [5, 5.41) is 4.33. The Kier molecular flexibility index (Phi) is 4.22. The summed E-state index contributed by atoms with van der Waals surface area (Å²) >= 11 is 0. The highest BCUT2D eigenvalue weighted by atomic mass is 16.1. The Morgan fingerprint density at radius 2 is 2.24 bits per heavy atom. The molecule has 1 aromatic heterocycles. The van der Waals surface area contributed by atoms with Gasteiger partial charge in [-0.3, -0.25) is 15.6 Å². The Bertz CT molecular complexity index is 622. The second kappa shape index (κ2) is 6.28. The number of H-pyrrole nitrogens is 1. The van der Waals surface area contributed by atoms with Crippen molar-refractivity contribution in [2.24, 2.45) is 0 Å². The SMILES string of the molecule is CC1NNCC1NC(=O)CCCc1c[nH]c2ccccc12. The van der Waals surface area contributed by atoms with Gasteiger partial charge in [-0.25, -0.2) is 0 Å². The zero-order valence-electron chi connectivity index (χ0n) is 12.3. The third-order valence-electron chi connectivity index (χ3n) is 4.13. The van der Waals surface area contributed by atoms with Crippen LogP contribution in [0.3, 0.4) is 0 Å². The summed E-state index contributed by atoms with van der Waals surface area (Å²) in [6.07, 6.45) is 4.42. The van der Waals surface area contributed by atoms with Gasteiger partial charge in [0.25, 0.3) is 0 Å². The number of rotatable bonds is 5. The van der Waals surface area contributed by atoms with E-state index < -0.39 is 0 Å². The first-order valence-corrected chi connectivity index (χ1v) is 7.57. The van der Waals surface area contributed by atoms with Crippen LogP contribution in [-0.2, 0) is 11.2 Å². The Balaban J connectivity index is 1.48. The van der Waals surface area contributed by atoms with E-state index in [1.54, 1.807) is 0 Å². The number of carbonyl (C=O) groups is 1. The number of para-hydroxylation sites is 1.